The van der Waals surface area contributed by atoms with Gasteiger partial charge in [-0.25, -0.2) is 4.31 Å². The summed E-state index contributed by atoms with van der Waals surface area (Å²) in [7, 11) is 2.19. The third-order valence-electron chi connectivity index (χ3n) is 1.77. The molecule has 3 heteroatoms. The maximum Gasteiger partial charge on any atom is 0.0218 e. The van der Waals surface area contributed by atoms with Crippen molar-refractivity contribution in [1.82, 2.24) is 9.21 Å². The Bertz CT molecular complexity index is 90.5. The van der Waals surface area contributed by atoms with Gasteiger partial charge in [-0.1, -0.05) is 32.7 Å². The molecule has 0 aliphatic carbocycles. The zero-order valence-electron chi connectivity index (χ0n) is 8.84. The summed E-state index contributed by atoms with van der Waals surface area (Å²) in [6.45, 7) is 11.1. The highest BCUT2D eigenvalue weighted by Gasteiger charge is 2.12. The summed E-state index contributed by atoms with van der Waals surface area (Å²) < 4.78 is 2.46. The summed E-state index contributed by atoms with van der Waals surface area (Å²) in [4.78, 5) is 2.38. The second kappa shape index (κ2) is 7.90. The number of hydrogen-bond donors (Lipinski definition) is 0. The van der Waals surface area contributed by atoms with E-state index in [0.29, 0.717) is 0 Å². The molecule has 0 bridgehead atoms. The Hall–Kier alpha value is 0.270. The molecule has 0 unspecified atom stereocenters. The molecule has 0 radical (unpaired) electrons. The summed E-state index contributed by atoms with van der Waals surface area (Å²) in [5.41, 5.74) is 0. The predicted molar refractivity (Wildman–Crippen MR) is 58.6 cm³/mol. The molecule has 12 heavy (non-hydrogen) atoms. The van der Waals surface area contributed by atoms with E-state index in [2.05, 4.69) is 23.2 Å². The van der Waals surface area contributed by atoms with Crippen LogP contribution in [0.2, 0.25) is 0 Å². The van der Waals surface area contributed by atoms with Crippen molar-refractivity contribution in [1.29, 1.82) is 0 Å². The summed E-state index contributed by atoms with van der Waals surface area (Å²) in [6.07, 6.45) is 0. The van der Waals surface area contributed by atoms with Crippen LogP contribution < -0.4 is 0 Å². The quantitative estimate of drug-likeness (QED) is 0.614. The Balaban J connectivity index is 0.000000561. The van der Waals surface area contributed by atoms with Gasteiger partial charge in [0.1, 0.15) is 0 Å². The maximum atomic E-state index is 2.46. The Morgan fingerprint density at radius 3 is 2.00 bits per heavy atom. The molecule has 0 aromatic rings. The van der Waals surface area contributed by atoms with Crippen molar-refractivity contribution in [3.05, 3.63) is 0 Å². The predicted octanol–water partition coefficient (Wildman–Crippen LogP) is 1.93. The number of hydrogen-bond acceptors (Lipinski definition) is 3. The molecule has 1 aliphatic heterocycles. The lowest BCUT2D eigenvalue weighted by Gasteiger charge is -2.30. The fraction of sp³-hybridized carbons (Fsp3) is 1.00. The summed E-state index contributed by atoms with van der Waals surface area (Å²) in [5.74, 6) is 1.21. The number of likely N-dealkylation sites (N-methyl/N-ethyl adjacent to an activating group) is 1. The van der Waals surface area contributed by atoms with Crippen LogP contribution in [0.25, 0.3) is 0 Å². The van der Waals surface area contributed by atoms with Crippen molar-refractivity contribution in [2.24, 2.45) is 0 Å². The number of rotatable bonds is 2. The first-order valence-corrected chi connectivity index (χ1v) is 5.83. The Morgan fingerprint density at radius 1 is 1.08 bits per heavy atom. The molecule has 1 saturated heterocycles. The largest absolute Gasteiger partial charge is 0.304 e. The van der Waals surface area contributed by atoms with Crippen molar-refractivity contribution in [3.63, 3.8) is 0 Å². The minimum atomic E-state index is 1.21. The standard InChI is InChI=1S/C7H16N2S.C2H6/c1-3-10-9-6-4-8(2)5-7-9;1-2/h3-7H2,1-2H3;1-2H3. The molecule has 1 aliphatic rings. The molecular weight excluding hydrogens is 168 g/mol. The van der Waals surface area contributed by atoms with E-state index in [-0.39, 0.29) is 0 Å². The molecule has 0 N–H and O–H groups in total. The summed E-state index contributed by atoms with van der Waals surface area (Å²) in [6, 6.07) is 0. The van der Waals surface area contributed by atoms with Gasteiger partial charge in [0, 0.05) is 31.9 Å². The molecule has 0 spiro atoms. The molecule has 2 nitrogen and oxygen atoms in total. The van der Waals surface area contributed by atoms with Crippen molar-refractivity contribution in [2.45, 2.75) is 20.8 Å². The fourth-order valence-electron chi connectivity index (χ4n) is 1.10. The van der Waals surface area contributed by atoms with Crippen LogP contribution in [0.5, 0.6) is 0 Å². The van der Waals surface area contributed by atoms with Gasteiger partial charge in [0.2, 0.25) is 0 Å². The topological polar surface area (TPSA) is 6.48 Å². The molecule has 1 rings (SSSR count). The average Bonchev–Trinajstić information content (AvgIpc) is 2.13. The zero-order valence-corrected chi connectivity index (χ0v) is 9.65. The first kappa shape index (κ1) is 12.3. The highest BCUT2D eigenvalue weighted by molar-refractivity contribution is 7.96. The van der Waals surface area contributed by atoms with E-state index in [1.165, 1.54) is 31.9 Å². The molecule has 0 aromatic heterocycles. The molecule has 0 aromatic carbocycles. The van der Waals surface area contributed by atoms with Crippen LogP contribution in [0.4, 0.5) is 0 Å². The minimum Gasteiger partial charge on any atom is -0.304 e. The second-order valence-electron chi connectivity index (χ2n) is 2.65. The van der Waals surface area contributed by atoms with Crippen molar-refractivity contribution >= 4 is 11.9 Å². The highest BCUT2D eigenvalue weighted by Crippen LogP contribution is 2.11. The lowest BCUT2D eigenvalue weighted by atomic mass is 10.4. The minimum absolute atomic E-state index is 1.21. The highest BCUT2D eigenvalue weighted by atomic mass is 32.2. The van der Waals surface area contributed by atoms with Crippen LogP contribution in [0.1, 0.15) is 20.8 Å². The summed E-state index contributed by atoms with van der Waals surface area (Å²) in [5, 5.41) is 0. The van der Waals surface area contributed by atoms with E-state index >= 15 is 0 Å². The van der Waals surface area contributed by atoms with Gasteiger partial charge < -0.3 is 4.90 Å². The van der Waals surface area contributed by atoms with Crippen molar-refractivity contribution in [2.75, 3.05) is 39.0 Å². The van der Waals surface area contributed by atoms with Gasteiger partial charge in [0.05, 0.1) is 0 Å². The Kier molecular flexibility index (Phi) is 8.07. The van der Waals surface area contributed by atoms with Crippen LogP contribution >= 0.6 is 11.9 Å². The second-order valence-corrected chi connectivity index (χ2v) is 4.00. The smallest absolute Gasteiger partial charge is 0.0218 e. The summed E-state index contributed by atoms with van der Waals surface area (Å²) >= 11 is 1.96. The van der Waals surface area contributed by atoms with E-state index in [1.54, 1.807) is 0 Å². The average molecular weight is 190 g/mol. The Labute approximate surface area is 81.4 Å². The monoisotopic (exact) mass is 190 g/mol. The zero-order chi connectivity index (χ0) is 9.40. The maximum absolute atomic E-state index is 2.46. The van der Waals surface area contributed by atoms with E-state index in [0.717, 1.165) is 0 Å². The SMILES string of the molecule is CC.CCSN1CCN(C)CC1. The lowest BCUT2D eigenvalue weighted by molar-refractivity contribution is 0.233. The molecule has 1 fully saturated rings. The van der Waals surface area contributed by atoms with E-state index in [4.69, 9.17) is 0 Å². The molecule has 0 atom stereocenters. The fourth-order valence-corrected chi connectivity index (χ4v) is 1.89. The van der Waals surface area contributed by atoms with Gasteiger partial charge in [0.25, 0.3) is 0 Å². The lowest BCUT2D eigenvalue weighted by Crippen LogP contribution is -2.41. The molecular formula is C9H22N2S. The molecule has 1 heterocycles. The van der Waals surface area contributed by atoms with Crippen LogP contribution in [-0.2, 0) is 0 Å². The van der Waals surface area contributed by atoms with Gasteiger partial charge in [0.15, 0.2) is 0 Å². The van der Waals surface area contributed by atoms with Gasteiger partial charge >= 0.3 is 0 Å². The van der Waals surface area contributed by atoms with Crippen molar-refractivity contribution in [3.8, 4) is 0 Å². The normalized spacial score (nSPS) is 20.0. The Morgan fingerprint density at radius 2 is 1.58 bits per heavy atom. The third-order valence-corrected chi connectivity index (χ3v) is 2.76. The van der Waals surface area contributed by atoms with Gasteiger partial charge in [-0.2, -0.15) is 0 Å². The van der Waals surface area contributed by atoms with Gasteiger partial charge in [-0.15, -0.1) is 0 Å². The van der Waals surface area contributed by atoms with Gasteiger partial charge in [-0.05, 0) is 7.05 Å². The molecule has 74 valence electrons. The number of nitrogens with zero attached hydrogens (tertiary/aromatic N) is 2. The van der Waals surface area contributed by atoms with E-state index in [1.807, 2.05) is 25.8 Å². The first-order valence-electron chi connectivity index (χ1n) is 4.89. The third kappa shape index (κ3) is 5.01. The van der Waals surface area contributed by atoms with Crippen molar-refractivity contribution < 1.29 is 0 Å². The van der Waals surface area contributed by atoms with Crippen LogP contribution in [0.3, 0.4) is 0 Å². The van der Waals surface area contributed by atoms with Crippen LogP contribution in [-0.4, -0.2) is 48.2 Å². The van der Waals surface area contributed by atoms with E-state index < -0.39 is 0 Å². The van der Waals surface area contributed by atoms with E-state index in [9.17, 15) is 0 Å². The van der Waals surface area contributed by atoms with Gasteiger partial charge in [-0.3, -0.25) is 0 Å². The first-order chi connectivity index (χ1) is 5.83. The van der Waals surface area contributed by atoms with Crippen LogP contribution in [0, 0.1) is 0 Å². The number of piperazine rings is 1. The molecule has 0 saturated carbocycles. The molecule has 0 amide bonds. The van der Waals surface area contributed by atoms with Crippen LogP contribution in [0.15, 0.2) is 0 Å².